The van der Waals surface area contributed by atoms with Crippen LogP contribution in [0.2, 0.25) is 0 Å². The Kier molecular flexibility index (Phi) is 4.80. The Labute approximate surface area is 122 Å². The van der Waals surface area contributed by atoms with Crippen LogP contribution in [-0.4, -0.2) is 43.0 Å². The summed E-state index contributed by atoms with van der Waals surface area (Å²) in [6.07, 6.45) is 4.39. The minimum atomic E-state index is 0.193. The summed E-state index contributed by atoms with van der Waals surface area (Å²) >= 11 is 0. The third-order valence-electron chi connectivity index (χ3n) is 4.78. The van der Waals surface area contributed by atoms with E-state index in [0.29, 0.717) is 12.0 Å². The van der Waals surface area contributed by atoms with E-state index in [4.69, 9.17) is 5.26 Å². The van der Waals surface area contributed by atoms with Gasteiger partial charge in [-0.3, -0.25) is 4.90 Å². The molecule has 0 bridgehead atoms. The molecular weight excluding hydrogens is 246 g/mol. The largest absolute Gasteiger partial charge is 0.302 e. The van der Waals surface area contributed by atoms with Crippen LogP contribution in [0.1, 0.15) is 37.3 Å². The normalized spacial score (nSPS) is 18.6. The van der Waals surface area contributed by atoms with Crippen LogP contribution in [0.4, 0.5) is 0 Å². The second kappa shape index (κ2) is 6.39. The molecule has 1 aromatic rings. The zero-order valence-corrected chi connectivity index (χ0v) is 12.8. The van der Waals surface area contributed by atoms with Gasteiger partial charge in [0.25, 0.3) is 0 Å². The summed E-state index contributed by atoms with van der Waals surface area (Å²) in [6, 6.07) is 12.9. The van der Waals surface area contributed by atoms with Crippen LogP contribution in [-0.2, 0) is 0 Å². The smallest absolute Gasteiger partial charge is 0.0641 e. The van der Waals surface area contributed by atoms with Crippen molar-refractivity contribution < 1.29 is 0 Å². The molecule has 0 aromatic heterocycles. The second-order valence-corrected chi connectivity index (χ2v) is 6.18. The van der Waals surface area contributed by atoms with Crippen molar-refractivity contribution >= 4 is 0 Å². The lowest BCUT2D eigenvalue weighted by Crippen LogP contribution is -2.57. The molecule has 0 radical (unpaired) electrons. The lowest BCUT2D eigenvalue weighted by atomic mass is 9.75. The van der Waals surface area contributed by atoms with Gasteiger partial charge in [0.2, 0.25) is 0 Å². The van der Waals surface area contributed by atoms with Gasteiger partial charge >= 0.3 is 0 Å². The van der Waals surface area contributed by atoms with Crippen LogP contribution < -0.4 is 0 Å². The first-order valence-electron chi connectivity index (χ1n) is 7.39. The zero-order valence-electron chi connectivity index (χ0n) is 12.8. The average Bonchev–Trinajstić information content (AvgIpc) is 2.40. The molecule has 1 aromatic carbocycles. The van der Waals surface area contributed by atoms with Crippen molar-refractivity contribution in [3.05, 3.63) is 35.9 Å². The van der Waals surface area contributed by atoms with Crippen molar-refractivity contribution in [3.63, 3.8) is 0 Å². The summed E-state index contributed by atoms with van der Waals surface area (Å²) in [5.74, 6) is 0. The topological polar surface area (TPSA) is 30.3 Å². The van der Waals surface area contributed by atoms with E-state index in [9.17, 15) is 0 Å². The van der Waals surface area contributed by atoms with Crippen molar-refractivity contribution in [1.82, 2.24) is 9.80 Å². The number of nitriles is 1. The van der Waals surface area contributed by atoms with E-state index in [0.717, 1.165) is 6.54 Å². The molecule has 108 valence electrons. The highest BCUT2D eigenvalue weighted by Crippen LogP contribution is 2.38. The van der Waals surface area contributed by atoms with Crippen LogP contribution in [0, 0.1) is 11.3 Å². The lowest BCUT2D eigenvalue weighted by Gasteiger charge is -2.50. The third kappa shape index (κ3) is 3.03. The van der Waals surface area contributed by atoms with Crippen LogP contribution in [0.15, 0.2) is 30.3 Å². The summed E-state index contributed by atoms with van der Waals surface area (Å²) in [4.78, 5) is 4.72. The summed E-state index contributed by atoms with van der Waals surface area (Å²) in [7, 11) is 6.50. The van der Waals surface area contributed by atoms with Crippen LogP contribution >= 0.6 is 0 Å². The molecule has 1 unspecified atom stereocenters. The highest BCUT2D eigenvalue weighted by atomic mass is 15.2. The van der Waals surface area contributed by atoms with E-state index >= 15 is 0 Å². The lowest BCUT2D eigenvalue weighted by molar-refractivity contribution is 0.0162. The van der Waals surface area contributed by atoms with Gasteiger partial charge in [0.05, 0.1) is 12.5 Å². The molecule has 1 fully saturated rings. The summed E-state index contributed by atoms with van der Waals surface area (Å²) in [5, 5.41) is 9.14. The average molecular weight is 271 g/mol. The Balaban J connectivity index is 2.12. The van der Waals surface area contributed by atoms with E-state index in [1.54, 1.807) is 0 Å². The molecule has 0 N–H and O–H groups in total. The third-order valence-corrected chi connectivity index (χ3v) is 4.78. The summed E-state index contributed by atoms with van der Waals surface area (Å²) in [5.41, 5.74) is 1.54. The number of rotatable bonds is 6. The van der Waals surface area contributed by atoms with Gasteiger partial charge in [0.1, 0.15) is 0 Å². The van der Waals surface area contributed by atoms with Gasteiger partial charge in [0.15, 0.2) is 0 Å². The Bertz CT molecular complexity index is 457. The molecule has 1 aliphatic carbocycles. The molecule has 0 amide bonds. The first kappa shape index (κ1) is 15.0. The fourth-order valence-electron chi connectivity index (χ4n) is 3.20. The summed E-state index contributed by atoms with van der Waals surface area (Å²) in [6.45, 7) is 1.03. The number of hydrogen-bond donors (Lipinski definition) is 0. The van der Waals surface area contributed by atoms with Crippen LogP contribution in [0.3, 0.4) is 0 Å². The Hall–Kier alpha value is -1.37. The maximum absolute atomic E-state index is 9.14. The summed E-state index contributed by atoms with van der Waals surface area (Å²) < 4.78 is 0. The molecule has 0 aliphatic heterocycles. The molecule has 3 heteroatoms. The standard InChI is InChI=1S/C17H25N3/c1-19(2)17(11-7-12-17)14-20(3)16(10-13-18)15-8-5-4-6-9-15/h4-6,8-9,16H,7,10-12,14H2,1-3H3. The Morgan fingerprint density at radius 3 is 2.30 bits per heavy atom. The van der Waals surface area contributed by atoms with E-state index in [2.05, 4.69) is 61.3 Å². The first-order chi connectivity index (χ1) is 9.59. The number of nitrogens with zero attached hydrogens (tertiary/aromatic N) is 3. The molecule has 2 rings (SSSR count). The molecule has 1 atom stereocenters. The van der Waals surface area contributed by atoms with E-state index in [1.165, 1.54) is 24.8 Å². The predicted octanol–water partition coefficient (Wildman–Crippen LogP) is 3.06. The van der Waals surface area contributed by atoms with Crippen molar-refractivity contribution in [2.75, 3.05) is 27.7 Å². The van der Waals surface area contributed by atoms with Gasteiger partial charge in [-0.05, 0) is 46.0 Å². The van der Waals surface area contributed by atoms with Gasteiger partial charge < -0.3 is 4.90 Å². The van der Waals surface area contributed by atoms with Gasteiger partial charge in [0, 0.05) is 18.1 Å². The number of likely N-dealkylation sites (N-methyl/N-ethyl adjacent to an activating group) is 2. The second-order valence-electron chi connectivity index (χ2n) is 6.18. The monoisotopic (exact) mass is 271 g/mol. The fraction of sp³-hybridized carbons (Fsp3) is 0.588. The molecular formula is C17H25N3. The number of benzene rings is 1. The van der Waals surface area contributed by atoms with Crippen molar-refractivity contribution in [2.45, 2.75) is 37.3 Å². The minimum absolute atomic E-state index is 0.193. The predicted molar refractivity (Wildman–Crippen MR) is 82.3 cm³/mol. The van der Waals surface area contributed by atoms with Crippen molar-refractivity contribution in [2.24, 2.45) is 0 Å². The molecule has 0 heterocycles. The van der Waals surface area contributed by atoms with Gasteiger partial charge in [-0.2, -0.15) is 5.26 Å². The number of hydrogen-bond acceptors (Lipinski definition) is 3. The van der Waals surface area contributed by atoms with E-state index in [1.807, 2.05) is 6.07 Å². The minimum Gasteiger partial charge on any atom is -0.302 e. The van der Waals surface area contributed by atoms with Gasteiger partial charge in [-0.15, -0.1) is 0 Å². The fourth-order valence-corrected chi connectivity index (χ4v) is 3.20. The van der Waals surface area contributed by atoms with Crippen LogP contribution in [0.25, 0.3) is 0 Å². The molecule has 0 saturated heterocycles. The van der Waals surface area contributed by atoms with E-state index < -0.39 is 0 Å². The van der Waals surface area contributed by atoms with Gasteiger partial charge in [-0.1, -0.05) is 30.3 Å². The molecule has 20 heavy (non-hydrogen) atoms. The first-order valence-corrected chi connectivity index (χ1v) is 7.39. The SMILES string of the molecule is CN(CC1(N(C)C)CCC1)C(CC#N)c1ccccc1. The molecule has 0 spiro atoms. The quantitative estimate of drug-likeness (QED) is 0.796. The Morgan fingerprint density at radius 2 is 1.85 bits per heavy atom. The van der Waals surface area contributed by atoms with Crippen molar-refractivity contribution in [1.29, 1.82) is 5.26 Å². The van der Waals surface area contributed by atoms with Crippen molar-refractivity contribution in [3.8, 4) is 6.07 Å². The maximum Gasteiger partial charge on any atom is 0.0641 e. The van der Waals surface area contributed by atoms with Gasteiger partial charge in [-0.25, -0.2) is 0 Å². The molecule has 3 nitrogen and oxygen atoms in total. The zero-order chi connectivity index (χ0) is 14.6. The molecule has 1 saturated carbocycles. The Morgan fingerprint density at radius 1 is 1.20 bits per heavy atom. The highest BCUT2D eigenvalue weighted by molar-refractivity contribution is 5.20. The van der Waals surface area contributed by atoms with Crippen LogP contribution in [0.5, 0.6) is 0 Å². The maximum atomic E-state index is 9.14. The highest BCUT2D eigenvalue weighted by Gasteiger charge is 2.40. The molecule has 1 aliphatic rings. The van der Waals surface area contributed by atoms with E-state index in [-0.39, 0.29) is 6.04 Å².